The van der Waals surface area contributed by atoms with Crippen LogP contribution in [0.5, 0.6) is 0 Å². The van der Waals surface area contributed by atoms with Gasteiger partial charge in [0.15, 0.2) is 0 Å². The van der Waals surface area contributed by atoms with Gasteiger partial charge in [0.25, 0.3) is 0 Å². The molecule has 0 aromatic heterocycles. The molecule has 1 atom stereocenters. The largest absolute Gasteiger partial charge is 0.376 e. The SMILES string of the molecule is CCC(C)(C)OCCC(C)(CC)N1CCN(C)C1. The molecule has 1 fully saturated rings. The summed E-state index contributed by atoms with van der Waals surface area (Å²) in [4.78, 5) is 5.00. The third-order valence-electron chi connectivity index (χ3n) is 4.67. The van der Waals surface area contributed by atoms with Crippen molar-refractivity contribution in [1.82, 2.24) is 9.80 Å². The third kappa shape index (κ3) is 4.22. The Kier molecular flexibility index (Phi) is 5.63. The van der Waals surface area contributed by atoms with E-state index in [0.29, 0.717) is 0 Å². The van der Waals surface area contributed by atoms with E-state index in [2.05, 4.69) is 51.5 Å². The van der Waals surface area contributed by atoms with Crippen LogP contribution in [0.2, 0.25) is 0 Å². The molecule has 108 valence electrons. The van der Waals surface area contributed by atoms with Gasteiger partial charge in [-0.15, -0.1) is 0 Å². The Balaban J connectivity index is 2.45. The van der Waals surface area contributed by atoms with Gasteiger partial charge in [-0.3, -0.25) is 9.80 Å². The maximum Gasteiger partial charge on any atom is 0.0623 e. The molecule has 0 aromatic rings. The Bertz CT molecular complexity index is 255. The van der Waals surface area contributed by atoms with Crippen molar-refractivity contribution in [1.29, 1.82) is 0 Å². The van der Waals surface area contributed by atoms with E-state index in [0.717, 1.165) is 26.1 Å². The minimum atomic E-state index is 0.0243. The standard InChI is InChI=1S/C15H32N2O/c1-7-14(3,4)18-12-9-15(5,8-2)17-11-10-16(6)13-17/h7-13H2,1-6H3. The average molecular weight is 256 g/mol. The fourth-order valence-corrected chi connectivity index (χ4v) is 2.37. The highest BCUT2D eigenvalue weighted by Crippen LogP contribution is 2.27. The van der Waals surface area contributed by atoms with Crippen LogP contribution in [0.15, 0.2) is 0 Å². The molecule has 0 saturated carbocycles. The highest BCUT2D eigenvalue weighted by molar-refractivity contribution is 4.88. The van der Waals surface area contributed by atoms with E-state index in [9.17, 15) is 0 Å². The lowest BCUT2D eigenvalue weighted by Crippen LogP contribution is -2.46. The number of ether oxygens (including phenoxy) is 1. The van der Waals surface area contributed by atoms with Crippen molar-refractivity contribution in [2.24, 2.45) is 0 Å². The van der Waals surface area contributed by atoms with Gasteiger partial charge >= 0.3 is 0 Å². The number of likely N-dealkylation sites (N-methyl/N-ethyl adjacent to an activating group) is 1. The summed E-state index contributed by atoms with van der Waals surface area (Å²) in [5.41, 5.74) is 0.311. The van der Waals surface area contributed by atoms with E-state index >= 15 is 0 Å². The lowest BCUT2D eigenvalue weighted by atomic mass is 9.93. The lowest BCUT2D eigenvalue weighted by molar-refractivity contribution is -0.0401. The highest BCUT2D eigenvalue weighted by atomic mass is 16.5. The maximum atomic E-state index is 6.02. The van der Waals surface area contributed by atoms with Gasteiger partial charge in [-0.05, 0) is 47.1 Å². The van der Waals surface area contributed by atoms with Crippen LogP contribution < -0.4 is 0 Å². The molecule has 0 amide bonds. The van der Waals surface area contributed by atoms with Crippen LogP contribution in [0.1, 0.15) is 53.9 Å². The summed E-state index contributed by atoms with van der Waals surface area (Å²) in [7, 11) is 2.20. The van der Waals surface area contributed by atoms with Crippen LogP contribution in [0.4, 0.5) is 0 Å². The molecule has 1 unspecified atom stereocenters. The van der Waals surface area contributed by atoms with E-state index in [-0.39, 0.29) is 11.1 Å². The first kappa shape index (κ1) is 15.9. The first-order valence-corrected chi connectivity index (χ1v) is 7.40. The van der Waals surface area contributed by atoms with Crippen molar-refractivity contribution in [3.05, 3.63) is 0 Å². The summed E-state index contributed by atoms with van der Waals surface area (Å²) >= 11 is 0. The Hall–Kier alpha value is -0.120. The van der Waals surface area contributed by atoms with Crippen molar-refractivity contribution < 1.29 is 4.74 Å². The quantitative estimate of drug-likeness (QED) is 0.696. The molecule has 1 saturated heterocycles. The van der Waals surface area contributed by atoms with Crippen LogP contribution in [0.25, 0.3) is 0 Å². The molecule has 0 spiro atoms. The molecule has 1 rings (SSSR count). The Morgan fingerprint density at radius 3 is 2.17 bits per heavy atom. The van der Waals surface area contributed by atoms with Crippen LogP contribution >= 0.6 is 0 Å². The van der Waals surface area contributed by atoms with Crippen molar-refractivity contribution in [3.63, 3.8) is 0 Å². The second-order valence-electron chi connectivity index (χ2n) is 6.55. The van der Waals surface area contributed by atoms with Gasteiger partial charge in [-0.2, -0.15) is 0 Å². The fourth-order valence-electron chi connectivity index (χ4n) is 2.37. The van der Waals surface area contributed by atoms with E-state index in [1.165, 1.54) is 19.5 Å². The maximum absolute atomic E-state index is 6.02. The molecular formula is C15H32N2O. The minimum absolute atomic E-state index is 0.0243. The van der Waals surface area contributed by atoms with Gasteiger partial charge in [0.2, 0.25) is 0 Å². The van der Waals surface area contributed by atoms with E-state index < -0.39 is 0 Å². The van der Waals surface area contributed by atoms with Crippen LogP contribution in [-0.2, 0) is 4.74 Å². The van der Waals surface area contributed by atoms with Gasteiger partial charge in [0.05, 0.1) is 12.3 Å². The zero-order valence-corrected chi connectivity index (χ0v) is 13.3. The average Bonchev–Trinajstić information content (AvgIpc) is 2.76. The Morgan fingerprint density at radius 2 is 1.72 bits per heavy atom. The fraction of sp³-hybridized carbons (Fsp3) is 1.00. The summed E-state index contributed by atoms with van der Waals surface area (Å²) in [6.45, 7) is 15.6. The highest BCUT2D eigenvalue weighted by Gasteiger charge is 2.33. The molecule has 3 heteroatoms. The van der Waals surface area contributed by atoms with E-state index in [1.807, 2.05) is 0 Å². The Labute approximate surface area is 113 Å². The molecule has 0 bridgehead atoms. The molecular weight excluding hydrogens is 224 g/mol. The molecule has 0 N–H and O–H groups in total. The van der Waals surface area contributed by atoms with Gasteiger partial charge in [0, 0.05) is 25.2 Å². The normalized spacial score (nSPS) is 22.3. The summed E-state index contributed by atoms with van der Waals surface area (Å²) < 4.78 is 6.02. The monoisotopic (exact) mass is 256 g/mol. The molecule has 0 aliphatic carbocycles. The Morgan fingerprint density at radius 1 is 1.06 bits per heavy atom. The predicted octanol–water partition coefficient (Wildman–Crippen LogP) is 2.96. The molecule has 0 aromatic carbocycles. The first-order valence-electron chi connectivity index (χ1n) is 7.40. The summed E-state index contributed by atoms with van der Waals surface area (Å²) in [6, 6.07) is 0. The third-order valence-corrected chi connectivity index (χ3v) is 4.67. The second kappa shape index (κ2) is 6.36. The second-order valence-corrected chi connectivity index (χ2v) is 6.55. The van der Waals surface area contributed by atoms with Crippen molar-refractivity contribution >= 4 is 0 Å². The smallest absolute Gasteiger partial charge is 0.0623 e. The first-order chi connectivity index (χ1) is 8.33. The van der Waals surface area contributed by atoms with Crippen LogP contribution in [0.3, 0.4) is 0 Å². The van der Waals surface area contributed by atoms with Gasteiger partial charge in [-0.25, -0.2) is 0 Å². The van der Waals surface area contributed by atoms with Crippen molar-refractivity contribution in [3.8, 4) is 0 Å². The predicted molar refractivity (Wildman–Crippen MR) is 77.8 cm³/mol. The molecule has 1 aliphatic heterocycles. The number of nitrogens with zero attached hydrogens (tertiary/aromatic N) is 2. The molecule has 1 heterocycles. The molecule has 0 radical (unpaired) electrons. The minimum Gasteiger partial charge on any atom is -0.376 e. The summed E-state index contributed by atoms with van der Waals surface area (Å²) in [5.74, 6) is 0. The van der Waals surface area contributed by atoms with E-state index in [1.54, 1.807) is 0 Å². The van der Waals surface area contributed by atoms with Crippen molar-refractivity contribution in [2.45, 2.75) is 65.0 Å². The summed E-state index contributed by atoms with van der Waals surface area (Å²) in [5, 5.41) is 0. The van der Waals surface area contributed by atoms with Gasteiger partial charge in [0.1, 0.15) is 0 Å². The number of hydrogen-bond donors (Lipinski definition) is 0. The summed E-state index contributed by atoms with van der Waals surface area (Å²) in [6.07, 6.45) is 3.39. The van der Waals surface area contributed by atoms with Crippen molar-refractivity contribution in [2.75, 3.05) is 33.4 Å². The van der Waals surface area contributed by atoms with Gasteiger partial charge < -0.3 is 4.74 Å². The van der Waals surface area contributed by atoms with E-state index in [4.69, 9.17) is 4.74 Å². The molecule has 3 nitrogen and oxygen atoms in total. The number of hydrogen-bond acceptors (Lipinski definition) is 3. The molecule has 18 heavy (non-hydrogen) atoms. The van der Waals surface area contributed by atoms with Crippen LogP contribution in [-0.4, -0.2) is 54.4 Å². The molecule has 1 aliphatic rings. The lowest BCUT2D eigenvalue weighted by Gasteiger charge is -2.39. The zero-order chi connectivity index (χ0) is 13.8. The number of rotatable bonds is 7. The topological polar surface area (TPSA) is 15.7 Å². The van der Waals surface area contributed by atoms with Gasteiger partial charge in [-0.1, -0.05) is 13.8 Å². The zero-order valence-electron chi connectivity index (χ0n) is 13.3. The van der Waals surface area contributed by atoms with Crippen LogP contribution in [0, 0.1) is 0 Å².